The summed E-state index contributed by atoms with van der Waals surface area (Å²) < 4.78 is 31.8. The Kier molecular flexibility index (Phi) is 2.01. The maximum atomic E-state index is 11.3. The lowest BCUT2D eigenvalue weighted by Gasteiger charge is -2.01. The summed E-state index contributed by atoms with van der Waals surface area (Å²) in [6.45, 7) is 0. The minimum absolute atomic E-state index is 0.0794. The molecule has 0 amide bonds. The SMILES string of the molecule is O=S(=O)(O)c1c[nH]c2ccc3ccccc3c12. The van der Waals surface area contributed by atoms with Gasteiger partial charge in [0.1, 0.15) is 4.90 Å². The van der Waals surface area contributed by atoms with E-state index in [-0.39, 0.29) is 4.90 Å². The Morgan fingerprint density at radius 3 is 2.59 bits per heavy atom. The van der Waals surface area contributed by atoms with Crippen molar-refractivity contribution in [2.75, 3.05) is 0 Å². The Balaban J connectivity index is 2.60. The number of nitrogens with one attached hydrogen (secondary N) is 1. The van der Waals surface area contributed by atoms with Gasteiger partial charge in [0.15, 0.2) is 0 Å². The van der Waals surface area contributed by atoms with Crippen LogP contribution in [0, 0.1) is 0 Å². The first-order chi connectivity index (χ1) is 8.07. The lowest BCUT2D eigenvalue weighted by Crippen LogP contribution is -1.96. The van der Waals surface area contributed by atoms with Gasteiger partial charge >= 0.3 is 0 Å². The maximum absolute atomic E-state index is 11.3. The molecule has 2 aromatic carbocycles. The molecule has 0 saturated carbocycles. The zero-order valence-corrected chi connectivity index (χ0v) is 9.53. The first kappa shape index (κ1) is 10.3. The normalized spacial score (nSPS) is 12.3. The van der Waals surface area contributed by atoms with Crippen molar-refractivity contribution in [3.8, 4) is 0 Å². The molecule has 0 aliphatic carbocycles. The fourth-order valence-electron chi connectivity index (χ4n) is 2.08. The van der Waals surface area contributed by atoms with Crippen LogP contribution in [0.1, 0.15) is 0 Å². The number of benzene rings is 2. The van der Waals surface area contributed by atoms with Gasteiger partial charge in [0, 0.05) is 17.1 Å². The summed E-state index contributed by atoms with van der Waals surface area (Å²) in [7, 11) is -4.21. The summed E-state index contributed by atoms with van der Waals surface area (Å²) in [5.74, 6) is 0. The average Bonchev–Trinajstić information content (AvgIpc) is 2.72. The molecule has 0 bridgehead atoms. The smallest absolute Gasteiger partial charge is 0.296 e. The van der Waals surface area contributed by atoms with E-state index in [9.17, 15) is 13.0 Å². The Bertz CT molecular complexity index is 818. The highest BCUT2D eigenvalue weighted by atomic mass is 32.2. The first-order valence-electron chi connectivity index (χ1n) is 5.04. The van der Waals surface area contributed by atoms with Crippen molar-refractivity contribution in [1.82, 2.24) is 4.98 Å². The van der Waals surface area contributed by atoms with Crippen molar-refractivity contribution < 1.29 is 13.0 Å². The second-order valence-corrected chi connectivity index (χ2v) is 5.23. The highest BCUT2D eigenvalue weighted by molar-refractivity contribution is 7.86. The third-order valence-electron chi connectivity index (χ3n) is 2.81. The Morgan fingerprint density at radius 2 is 1.82 bits per heavy atom. The van der Waals surface area contributed by atoms with Crippen LogP contribution in [0.15, 0.2) is 47.5 Å². The van der Waals surface area contributed by atoms with Crippen molar-refractivity contribution in [3.05, 3.63) is 42.6 Å². The number of fused-ring (bicyclic) bond motifs is 3. The molecule has 86 valence electrons. The molecule has 0 aliphatic heterocycles. The van der Waals surface area contributed by atoms with E-state index in [0.717, 1.165) is 10.8 Å². The number of rotatable bonds is 1. The van der Waals surface area contributed by atoms with Crippen LogP contribution < -0.4 is 0 Å². The van der Waals surface area contributed by atoms with Crippen LogP contribution in [0.3, 0.4) is 0 Å². The van der Waals surface area contributed by atoms with Gasteiger partial charge in [-0.05, 0) is 16.8 Å². The highest BCUT2D eigenvalue weighted by Crippen LogP contribution is 2.30. The van der Waals surface area contributed by atoms with E-state index in [1.54, 1.807) is 6.07 Å². The van der Waals surface area contributed by atoms with Crippen LogP contribution in [0.5, 0.6) is 0 Å². The molecule has 4 nitrogen and oxygen atoms in total. The Morgan fingerprint density at radius 1 is 1.06 bits per heavy atom. The third kappa shape index (κ3) is 1.51. The molecule has 2 N–H and O–H groups in total. The van der Waals surface area contributed by atoms with Crippen LogP contribution in [-0.4, -0.2) is 18.0 Å². The van der Waals surface area contributed by atoms with Gasteiger partial charge in [-0.3, -0.25) is 4.55 Å². The van der Waals surface area contributed by atoms with Crippen LogP contribution in [0.2, 0.25) is 0 Å². The van der Waals surface area contributed by atoms with Crippen LogP contribution >= 0.6 is 0 Å². The summed E-state index contributed by atoms with van der Waals surface area (Å²) in [4.78, 5) is 2.77. The molecular formula is C12H9NO3S. The van der Waals surface area contributed by atoms with Crippen LogP contribution in [-0.2, 0) is 10.1 Å². The summed E-state index contributed by atoms with van der Waals surface area (Å²) >= 11 is 0. The molecule has 0 fully saturated rings. The summed E-state index contributed by atoms with van der Waals surface area (Å²) in [6.07, 6.45) is 1.31. The zero-order chi connectivity index (χ0) is 12.0. The predicted molar refractivity (Wildman–Crippen MR) is 65.6 cm³/mol. The number of hydrogen-bond acceptors (Lipinski definition) is 2. The molecule has 1 heterocycles. The van der Waals surface area contributed by atoms with E-state index in [4.69, 9.17) is 0 Å². The van der Waals surface area contributed by atoms with Crippen LogP contribution in [0.4, 0.5) is 0 Å². The van der Waals surface area contributed by atoms with Crippen molar-refractivity contribution in [2.24, 2.45) is 0 Å². The monoisotopic (exact) mass is 247 g/mol. The molecule has 1 aromatic heterocycles. The van der Waals surface area contributed by atoms with E-state index in [1.807, 2.05) is 30.3 Å². The molecule has 0 aliphatic rings. The van der Waals surface area contributed by atoms with E-state index in [2.05, 4.69) is 4.98 Å². The van der Waals surface area contributed by atoms with Crippen molar-refractivity contribution in [1.29, 1.82) is 0 Å². The predicted octanol–water partition coefficient (Wildman–Crippen LogP) is 2.57. The minimum Gasteiger partial charge on any atom is -0.360 e. The second-order valence-electron chi connectivity index (χ2n) is 3.84. The minimum atomic E-state index is -4.21. The highest BCUT2D eigenvalue weighted by Gasteiger charge is 2.17. The van der Waals surface area contributed by atoms with Gasteiger partial charge < -0.3 is 4.98 Å². The van der Waals surface area contributed by atoms with Crippen molar-refractivity contribution in [2.45, 2.75) is 4.90 Å². The third-order valence-corrected chi connectivity index (χ3v) is 3.69. The van der Waals surface area contributed by atoms with Gasteiger partial charge in [0.05, 0.1) is 0 Å². The zero-order valence-electron chi connectivity index (χ0n) is 8.71. The summed E-state index contributed by atoms with van der Waals surface area (Å²) in [6, 6.07) is 11.2. The van der Waals surface area contributed by atoms with Gasteiger partial charge in [-0.25, -0.2) is 0 Å². The lowest BCUT2D eigenvalue weighted by atomic mass is 10.1. The topological polar surface area (TPSA) is 70.2 Å². The van der Waals surface area contributed by atoms with E-state index in [0.29, 0.717) is 10.9 Å². The molecule has 3 aromatic rings. The lowest BCUT2D eigenvalue weighted by molar-refractivity contribution is 0.484. The molecule has 0 saturated heterocycles. The standard InChI is InChI=1S/C12H9NO3S/c14-17(15,16)11-7-13-10-6-5-8-3-1-2-4-9(8)12(10)11/h1-7,13H,(H,14,15,16). The fourth-order valence-corrected chi connectivity index (χ4v) is 2.76. The number of hydrogen-bond donors (Lipinski definition) is 2. The molecule has 0 atom stereocenters. The van der Waals surface area contributed by atoms with E-state index in [1.165, 1.54) is 6.20 Å². The van der Waals surface area contributed by atoms with Gasteiger partial charge in [-0.2, -0.15) is 8.42 Å². The largest absolute Gasteiger partial charge is 0.360 e. The number of aromatic amines is 1. The Hall–Kier alpha value is -1.85. The van der Waals surface area contributed by atoms with Gasteiger partial charge in [0.2, 0.25) is 0 Å². The van der Waals surface area contributed by atoms with E-state index < -0.39 is 10.1 Å². The second kappa shape index (κ2) is 3.32. The first-order valence-corrected chi connectivity index (χ1v) is 6.48. The maximum Gasteiger partial charge on any atom is 0.296 e. The van der Waals surface area contributed by atoms with Crippen molar-refractivity contribution >= 4 is 31.8 Å². The Labute approximate surface area is 97.6 Å². The molecule has 0 radical (unpaired) electrons. The quantitative estimate of drug-likeness (QED) is 0.649. The molecule has 5 heteroatoms. The van der Waals surface area contributed by atoms with Gasteiger partial charge in [-0.1, -0.05) is 30.3 Å². The number of aromatic nitrogens is 1. The molecular weight excluding hydrogens is 238 g/mol. The van der Waals surface area contributed by atoms with E-state index >= 15 is 0 Å². The van der Waals surface area contributed by atoms with Gasteiger partial charge in [-0.15, -0.1) is 0 Å². The average molecular weight is 247 g/mol. The molecule has 17 heavy (non-hydrogen) atoms. The van der Waals surface area contributed by atoms with Crippen LogP contribution in [0.25, 0.3) is 21.7 Å². The molecule has 0 unspecified atom stereocenters. The summed E-state index contributed by atoms with van der Waals surface area (Å²) in [5.41, 5.74) is 0.691. The fraction of sp³-hybridized carbons (Fsp3) is 0. The molecule has 0 spiro atoms. The van der Waals surface area contributed by atoms with Gasteiger partial charge in [0.25, 0.3) is 10.1 Å². The molecule has 3 rings (SSSR count). The summed E-state index contributed by atoms with van der Waals surface area (Å²) in [5, 5.41) is 2.27. The number of H-pyrrole nitrogens is 1. The van der Waals surface area contributed by atoms with Crippen molar-refractivity contribution in [3.63, 3.8) is 0 Å².